The summed E-state index contributed by atoms with van der Waals surface area (Å²) in [5.74, 6) is -0.0852. The molecule has 22 heavy (non-hydrogen) atoms. The van der Waals surface area contributed by atoms with Crippen LogP contribution in [0.15, 0.2) is 28.7 Å². The Morgan fingerprint density at radius 2 is 2.09 bits per heavy atom. The van der Waals surface area contributed by atoms with E-state index in [1.165, 1.54) is 6.07 Å². The van der Waals surface area contributed by atoms with Crippen LogP contribution >= 0.6 is 0 Å². The highest BCUT2D eigenvalue weighted by Gasteiger charge is 2.18. The normalized spacial score (nSPS) is 11.5. The number of benzene rings is 1. The number of aromatic nitrogens is 1. The molecule has 118 valence electrons. The molecular formula is C16H19FN2O3. The van der Waals surface area contributed by atoms with Crippen LogP contribution in [-0.2, 0) is 11.2 Å². The third kappa shape index (κ3) is 4.14. The lowest BCUT2D eigenvalue weighted by atomic mass is 10.1. The molecule has 1 heterocycles. The quantitative estimate of drug-likeness (QED) is 0.888. The van der Waals surface area contributed by atoms with Crippen molar-refractivity contribution in [3.8, 4) is 11.5 Å². The number of oxazole rings is 1. The van der Waals surface area contributed by atoms with Crippen LogP contribution in [0.1, 0.15) is 25.3 Å². The molecule has 0 radical (unpaired) electrons. The van der Waals surface area contributed by atoms with Gasteiger partial charge in [0.1, 0.15) is 11.6 Å². The van der Waals surface area contributed by atoms with E-state index in [0.29, 0.717) is 11.5 Å². The van der Waals surface area contributed by atoms with Crippen molar-refractivity contribution in [3.63, 3.8) is 0 Å². The molecule has 0 spiro atoms. The first-order valence-electron chi connectivity index (χ1n) is 6.96. The van der Waals surface area contributed by atoms with Crippen molar-refractivity contribution in [2.45, 2.75) is 32.8 Å². The molecule has 0 aliphatic rings. The van der Waals surface area contributed by atoms with Gasteiger partial charge in [-0.2, -0.15) is 0 Å². The van der Waals surface area contributed by atoms with Crippen LogP contribution in [0.2, 0.25) is 0 Å². The second kappa shape index (κ2) is 6.27. The number of aryl methyl sites for hydroxylation is 1. The Labute approximate surface area is 128 Å². The van der Waals surface area contributed by atoms with E-state index < -0.39 is 11.4 Å². The molecule has 0 saturated carbocycles. The fraction of sp³-hybridized carbons (Fsp3) is 0.375. The SMILES string of the molecule is Cc1oc(-c2ccccc2F)nc1CC(=O)NCC(C)(C)O. The zero-order valence-corrected chi connectivity index (χ0v) is 12.8. The number of aliphatic hydroxyl groups is 1. The third-order valence-corrected chi connectivity index (χ3v) is 3.04. The predicted octanol–water partition coefficient (Wildman–Crippen LogP) is 2.22. The zero-order chi connectivity index (χ0) is 16.3. The lowest BCUT2D eigenvalue weighted by Crippen LogP contribution is -2.38. The topological polar surface area (TPSA) is 75.4 Å². The number of carbonyl (C=O) groups excluding carboxylic acids is 1. The van der Waals surface area contributed by atoms with Gasteiger partial charge in [-0.15, -0.1) is 0 Å². The lowest BCUT2D eigenvalue weighted by molar-refractivity contribution is -0.121. The van der Waals surface area contributed by atoms with E-state index >= 15 is 0 Å². The van der Waals surface area contributed by atoms with E-state index in [1.54, 1.807) is 39.0 Å². The average Bonchev–Trinajstić information content (AvgIpc) is 2.77. The van der Waals surface area contributed by atoms with Crippen LogP contribution < -0.4 is 5.32 Å². The molecule has 1 amide bonds. The molecule has 2 aromatic rings. The summed E-state index contributed by atoms with van der Waals surface area (Å²) < 4.78 is 19.2. The number of carbonyl (C=O) groups is 1. The standard InChI is InChI=1S/C16H19FN2O3/c1-10-13(8-14(20)18-9-16(2,3)21)19-15(22-10)11-6-4-5-7-12(11)17/h4-7,21H,8-9H2,1-3H3,(H,18,20). The molecule has 2 N–H and O–H groups in total. The molecule has 0 unspecified atom stereocenters. The number of nitrogens with zero attached hydrogens (tertiary/aromatic N) is 1. The summed E-state index contributed by atoms with van der Waals surface area (Å²) in [6.45, 7) is 5.02. The van der Waals surface area contributed by atoms with Crippen LogP contribution in [0, 0.1) is 12.7 Å². The van der Waals surface area contributed by atoms with Crippen molar-refractivity contribution < 1.29 is 18.7 Å². The summed E-state index contributed by atoms with van der Waals surface area (Å²) in [7, 11) is 0. The van der Waals surface area contributed by atoms with E-state index in [1.807, 2.05) is 0 Å². The van der Waals surface area contributed by atoms with Crippen molar-refractivity contribution in [2.24, 2.45) is 0 Å². The van der Waals surface area contributed by atoms with Gasteiger partial charge in [-0.3, -0.25) is 4.79 Å². The number of amides is 1. The molecule has 0 saturated heterocycles. The van der Waals surface area contributed by atoms with Gasteiger partial charge in [-0.1, -0.05) is 12.1 Å². The first kappa shape index (κ1) is 16.2. The summed E-state index contributed by atoms with van der Waals surface area (Å²) in [6, 6.07) is 6.16. The number of hydrogen-bond acceptors (Lipinski definition) is 4. The fourth-order valence-corrected chi connectivity index (χ4v) is 1.87. The number of rotatable bonds is 5. The van der Waals surface area contributed by atoms with Crippen LogP contribution in [-0.4, -0.2) is 28.1 Å². The minimum atomic E-state index is -0.979. The molecule has 0 atom stereocenters. The highest BCUT2D eigenvalue weighted by molar-refractivity contribution is 5.78. The highest BCUT2D eigenvalue weighted by atomic mass is 19.1. The van der Waals surface area contributed by atoms with Crippen LogP contribution in [0.5, 0.6) is 0 Å². The van der Waals surface area contributed by atoms with Gasteiger partial charge in [-0.05, 0) is 32.9 Å². The van der Waals surface area contributed by atoms with Gasteiger partial charge in [-0.25, -0.2) is 9.37 Å². The predicted molar refractivity (Wildman–Crippen MR) is 79.6 cm³/mol. The highest BCUT2D eigenvalue weighted by Crippen LogP contribution is 2.24. The van der Waals surface area contributed by atoms with E-state index in [9.17, 15) is 14.3 Å². The van der Waals surface area contributed by atoms with Gasteiger partial charge in [0.05, 0.1) is 23.3 Å². The van der Waals surface area contributed by atoms with Gasteiger partial charge < -0.3 is 14.8 Å². The molecule has 1 aromatic carbocycles. The van der Waals surface area contributed by atoms with Gasteiger partial charge in [0.2, 0.25) is 11.8 Å². The van der Waals surface area contributed by atoms with Crippen molar-refractivity contribution >= 4 is 5.91 Å². The fourth-order valence-electron chi connectivity index (χ4n) is 1.87. The molecule has 0 aliphatic carbocycles. The second-order valence-corrected chi connectivity index (χ2v) is 5.77. The van der Waals surface area contributed by atoms with Gasteiger partial charge in [0.15, 0.2) is 0 Å². The number of nitrogens with one attached hydrogen (secondary N) is 1. The Bertz CT molecular complexity index is 674. The zero-order valence-electron chi connectivity index (χ0n) is 12.8. The molecule has 6 heteroatoms. The maximum atomic E-state index is 13.7. The summed E-state index contributed by atoms with van der Waals surface area (Å²) in [4.78, 5) is 16.0. The Balaban J connectivity index is 2.11. The largest absolute Gasteiger partial charge is 0.441 e. The third-order valence-electron chi connectivity index (χ3n) is 3.04. The van der Waals surface area contributed by atoms with Gasteiger partial charge in [0, 0.05) is 6.54 Å². The molecule has 0 bridgehead atoms. The first-order valence-corrected chi connectivity index (χ1v) is 6.96. The Morgan fingerprint density at radius 1 is 1.41 bits per heavy atom. The lowest BCUT2D eigenvalue weighted by Gasteiger charge is -2.17. The summed E-state index contributed by atoms with van der Waals surface area (Å²) in [6.07, 6.45) is 0.0138. The van der Waals surface area contributed by atoms with Crippen molar-refractivity contribution in [2.75, 3.05) is 6.54 Å². The Morgan fingerprint density at radius 3 is 2.73 bits per heavy atom. The van der Waals surface area contributed by atoms with Crippen molar-refractivity contribution in [1.82, 2.24) is 10.3 Å². The average molecular weight is 306 g/mol. The van der Waals surface area contributed by atoms with E-state index in [4.69, 9.17) is 4.42 Å². The van der Waals surface area contributed by atoms with Crippen molar-refractivity contribution in [3.05, 3.63) is 41.5 Å². The van der Waals surface area contributed by atoms with Crippen LogP contribution in [0.25, 0.3) is 11.5 Å². The summed E-state index contributed by atoms with van der Waals surface area (Å²) >= 11 is 0. The molecular weight excluding hydrogens is 287 g/mol. The Kier molecular flexibility index (Phi) is 4.61. The number of halogens is 1. The first-order chi connectivity index (χ1) is 10.3. The molecule has 2 rings (SSSR count). The van der Waals surface area contributed by atoms with Gasteiger partial charge in [0.25, 0.3) is 0 Å². The Hall–Kier alpha value is -2.21. The van der Waals surface area contributed by atoms with Crippen LogP contribution in [0.4, 0.5) is 4.39 Å². The second-order valence-electron chi connectivity index (χ2n) is 5.77. The monoisotopic (exact) mass is 306 g/mol. The minimum absolute atomic E-state index is 0.0138. The van der Waals surface area contributed by atoms with E-state index in [2.05, 4.69) is 10.3 Å². The molecule has 0 fully saturated rings. The maximum absolute atomic E-state index is 13.7. The van der Waals surface area contributed by atoms with E-state index in [-0.39, 0.29) is 30.3 Å². The molecule has 1 aromatic heterocycles. The summed E-state index contributed by atoms with van der Waals surface area (Å²) in [5, 5.41) is 12.2. The molecule has 5 nitrogen and oxygen atoms in total. The molecule has 0 aliphatic heterocycles. The smallest absolute Gasteiger partial charge is 0.229 e. The van der Waals surface area contributed by atoms with E-state index in [0.717, 1.165) is 0 Å². The van der Waals surface area contributed by atoms with Crippen LogP contribution in [0.3, 0.4) is 0 Å². The summed E-state index contributed by atoms with van der Waals surface area (Å²) in [5.41, 5.74) is -0.271. The maximum Gasteiger partial charge on any atom is 0.229 e. The number of hydrogen-bond donors (Lipinski definition) is 2. The minimum Gasteiger partial charge on any atom is -0.441 e. The van der Waals surface area contributed by atoms with Gasteiger partial charge >= 0.3 is 0 Å². The van der Waals surface area contributed by atoms with Crippen molar-refractivity contribution in [1.29, 1.82) is 0 Å².